The smallest absolute Gasteiger partial charge is 0.0536 e. The third-order valence-electron chi connectivity index (χ3n) is 7.94. The molecule has 0 N–H and O–H groups in total. The quantitative estimate of drug-likeness (QED) is 0.420. The van der Waals surface area contributed by atoms with E-state index < -0.39 is 30.4 Å². The number of thioether (sulfide) groups is 2. The lowest BCUT2D eigenvalue weighted by molar-refractivity contribution is 1.38. The molecule has 1 aliphatic heterocycles. The molecule has 28 heavy (non-hydrogen) atoms. The molecular weight excluding hydrogens is 441 g/mol. The highest BCUT2D eigenvalue weighted by Crippen LogP contribution is 2.53. The Morgan fingerprint density at radius 2 is 0.714 bits per heavy atom. The van der Waals surface area contributed by atoms with E-state index in [1.165, 1.54) is 9.79 Å². The molecule has 2 aromatic rings. The first-order valence-electron chi connectivity index (χ1n) is 10.4. The minimum Gasteiger partial charge on any atom is -0.129 e. The zero-order chi connectivity index (χ0) is 20.8. The molecule has 2 aromatic carbocycles. The topological polar surface area (TPSA) is 0 Å². The van der Waals surface area contributed by atoms with Crippen LogP contribution in [-0.4, -0.2) is 39.4 Å². The summed E-state index contributed by atoms with van der Waals surface area (Å²) >= 11 is 4.55. The Kier molecular flexibility index (Phi) is 6.42. The van der Waals surface area contributed by atoms with Gasteiger partial charge < -0.3 is 0 Å². The minimum absolute atomic E-state index is 0.929. The van der Waals surface area contributed by atoms with Gasteiger partial charge in [0.15, 0.2) is 0 Å². The van der Waals surface area contributed by atoms with Crippen LogP contribution < -0.4 is 0 Å². The van der Waals surface area contributed by atoms with Crippen molar-refractivity contribution in [2.75, 3.05) is 0 Å². The summed E-state index contributed by atoms with van der Waals surface area (Å²) in [5.74, 6) is 0. The summed E-state index contributed by atoms with van der Waals surface area (Å²) in [5.41, 5.74) is 0. The second kappa shape index (κ2) is 7.93. The summed E-state index contributed by atoms with van der Waals surface area (Å²) in [4.78, 5) is 3.00. The Hall–Kier alpha value is 0.00753. The van der Waals surface area contributed by atoms with E-state index in [1.807, 2.05) is 0 Å². The zero-order valence-electron chi connectivity index (χ0n) is 18.7. The third kappa shape index (κ3) is 3.73. The van der Waals surface area contributed by atoms with E-state index >= 15 is 0 Å². The molecule has 1 heterocycles. The molecule has 3 rings (SSSR count). The Morgan fingerprint density at radius 1 is 0.464 bits per heavy atom. The lowest BCUT2D eigenvalue weighted by Gasteiger charge is -2.65. The molecule has 0 bridgehead atoms. The van der Waals surface area contributed by atoms with Crippen LogP contribution in [0, 0.1) is 0 Å². The molecule has 6 heteroatoms. The Morgan fingerprint density at radius 3 is 0.964 bits per heavy atom. The van der Waals surface area contributed by atoms with Gasteiger partial charge in [0, 0.05) is 9.79 Å². The average molecular weight is 477 g/mol. The van der Waals surface area contributed by atoms with Crippen molar-refractivity contribution in [3.8, 4) is 0 Å². The highest BCUT2D eigenvalue weighted by molar-refractivity contribution is 8.10. The molecule has 0 unspecified atom stereocenters. The molecule has 0 radical (unpaired) electrons. The van der Waals surface area contributed by atoms with Crippen molar-refractivity contribution in [2.24, 2.45) is 0 Å². The first-order valence-corrected chi connectivity index (χ1v) is 26.4. The Bertz CT molecular complexity index is 706. The predicted molar refractivity (Wildman–Crippen MR) is 142 cm³/mol. The van der Waals surface area contributed by atoms with Gasteiger partial charge in [-0.15, -0.1) is 23.5 Å². The van der Waals surface area contributed by atoms with Gasteiger partial charge in [-0.1, -0.05) is 88.8 Å². The molecule has 0 atom stereocenters. The van der Waals surface area contributed by atoms with Gasteiger partial charge in [0.25, 0.3) is 0 Å². The fourth-order valence-corrected chi connectivity index (χ4v) is 79.8. The molecule has 1 fully saturated rings. The molecule has 0 nitrogen and oxygen atoms in total. The minimum atomic E-state index is -1.39. The molecule has 152 valence electrons. The number of benzene rings is 2. The van der Waals surface area contributed by atoms with Gasteiger partial charge in [-0.25, -0.2) is 0 Å². The summed E-state index contributed by atoms with van der Waals surface area (Å²) in [7, 11) is -5.58. The van der Waals surface area contributed by atoms with Gasteiger partial charge in [-0.2, -0.15) is 0 Å². The Balaban J connectivity index is 2.05. The SMILES string of the molecule is C[Si]1(C)C(Sc2ccccc2)[Si](C)(C)[Si](C)(C)C(Sc2ccccc2)[Si]1(C)C. The number of rotatable bonds is 4. The summed E-state index contributed by atoms with van der Waals surface area (Å²) in [6, 6.07) is 22.5. The lowest BCUT2D eigenvalue weighted by Crippen LogP contribution is -2.88. The molecular formula is C22H36S2Si4. The lowest BCUT2D eigenvalue weighted by atomic mass is 10.4. The van der Waals surface area contributed by atoms with Crippen LogP contribution >= 0.6 is 23.5 Å². The van der Waals surface area contributed by atoms with Crippen LogP contribution in [0.2, 0.25) is 52.4 Å². The normalized spacial score (nSPS) is 27.3. The van der Waals surface area contributed by atoms with Gasteiger partial charge in [0.2, 0.25) is 0 Å². The molecule has 0 spiro atoms. The van der Waals surface area contributed by atoms with Crippen molar-refractivity contribution in [3.63, 3.8) is 0 Å². The highest BCUT2D eigenvalue weighted by atomic mass is 32.2. The van der Waals surface area contributed by atoms with Crippen LogP contribution in [0.5, 0.6) is 0 Å². The molecule has 0 saturated carbocycles. The monoisotopic (exact) mass is 476 g/mol. The molecule has 1 saturated heterocycles. The van der Waals surface area contributed by atoms with Crippen LogP contribution in [0.4, 0.5) is 0 Å². The molecule has 0 amide bonds. The predicted octanol–water partition coefficient (Wildman–Crippen LogP) is 7.47. The van der Waals surface area contributed by atoms with Gasteiger partial charge in [-0.05, 0) is 33.3 Å². The molecule has 0 aliphatic carbocycles. The van der Waals surface area contributed by atoms with Crippen molar-refractivity contribution < 1.29 is 0 Å². The molecule has 1 aliphatic rings. The van der Waals surface area contributed by atoms with Crippen LogP contribution in [0.3, 0.4) is 0 Å². The van der Waals surface area contributed by atoms with Crippen LogP contribution in [0.1, 0.15) is 0 Å². The van der Waals surface area contributed by atoms with E-state index in [9.17, 15) is 0 Å². The van der Waals surface area contributed by atoms with Gasteiger partial charge >= 0.3 is 0 Å². The maximum atomic E-state index is 2.76. The maximum absolute atomic E-state index is 2.76. The van der Waals surface area contributed by atoms with Crippen LogP contribution in [-0.2, 0) is 0 Å². The van der Waals surface area contributed by atoms with Crippen molar-refractivity contribution in [3.05, 3.63) is 60.7 Å². The van der Waals surface area contributed by atoms with E-state index in [4.69, 9.17) is 0 Å². The van der Waals surface area contributed by atoms with Gasteiger partial charge in [-0.3, -0.25) is 0 Å². The van der Waals surface area contributed by atoms with E-state index in [1.54, 1.807) is 0 Å². The third-order valence-corrected chi connectivity index (χ3v) is 67.9. The maximum Gasteiger partial charge on any atom is 0.0536 e. The zero-order valence-corrected chi connectivity index (χ0v) is 24.4. The first-order chi connectivity index (χ1) is 12.9. The summed E-state index contributed by atoms with van der Waals surface area (Å²) in [5, 5.41) is 0. The van der Waals surface area contributed by atoms with Crippen molar-refractivity contribution in [1.82, 2.24) is 0 Å². The summed E-state index contributed by atoms with van der Waals surface area (Å²) < 4.78 is 1.86. The van der Waals surface area contributed by atoms with E-state index in [-0.39, 0.29) is 0 Å². The van der Waals surface area contributed by atoms with Crippen LogP contribution in [0.25, 0.3) is 0 Å². The van der Waals surface area contributed by atoms with E-state index in [0.29, 0.717) is 0 Å². The number of hydrogen-bond acceptors (Lipinski definition) is 2. The second-order valence-corrected chi connectivity index (χ2v) is 47.2. The largest absolute Gasteiger partial charge is 0.129 e. The van der Waals surface area contributed by atoms with Crippen molar-refractivity contribution >= 4 is 53.9 Å². The van der Waals surface area contributed by atoms with E-state index in [2.05, 4.69) is 137 Å². The Labute approximate surface area is 184 Å². The first kappa shape index (κ1) is 22.7. The van der Waals surface area contributed by atoms with Gasteiger partial charge in [0.1, 0.15) is 0 Å². The fraction of sp³-hybridized carbons (Fsp3) is 0.455. The summed E-state index contributed by atoms with van der Waals surface area (Å²) in [6.07, 6.45) is 0. The van der Waals surface area contributed by atoms with Crippen LogP contribution in [0.15, 0.2) is 70.5 Å². The number of hydrogen-bond donors (Lipinski definition) is 0. The van der Waals surface area contributed by atoms with E-state index in [0.717, 1.165) is 8.99 Å². The molecule has 0 aromatic heterocycles. The summed E-state index contributed by atoms with van der Waals surface area (Å²) in [6.45, 7) is 22.1. The van der Waals surface area contributed by atoms with Crippen molar-refractivity contribution in [2.45, 2.75) is 71.2 Å². The van der Waals surface area contributed by atoms with Gasteiger partial charge in [0.05, 0.1) is 30.4 Å². The highest BCUT2D eigenvalue weighted by Gasteiger charge is 2.68. The standard InChI is InChI=1S/C22H36S2Si4/c1-25(2)21(23-19-15-11-9-12-16-19)27(5,6)28(7,8)22(26(25,3)4)24-20-17-13-10-14-18-20/h9-18,21-22H,1-8H3. The second-order valence-electron chi connectivity index (χ2n) is 10.5. The average Bonchev–Trinajstić information content (AvgIpc) is 2.64. The fourth-order valence-electron chi connectivity index (χ4n) is 5.02. The van der Waals surface area contributed by atoms with Crippen molar-refractivity contribution in [1.29, 1.82) is 0 Å².